The molecule has 1 atom stereocenters. The first-order chi connectivity index (χ1) is 13.3. The number of hydrogen-bond donors (Lipinski definition) is 1. The van der Waals surface area contributed by atoms with Gasteiger partial charge in [-0.15, -0.1) is 11.3 Å². The van der Waals surface area contributed by atoms with Crippen LogP contribution in [0.15, 0.2) is 35.7 Å². The van der Waals surface area contributed by atoms with E-state index in [2.05, 4.69) is 38.7 Å². The van der Waals surface area contributed by atoms with Crippen molar-refractivity contribution in [2.45, 2.75) is 25.6 Å². The van der Waals surface area contributed by atoms with Crippen LogP contribution < -0.4 is 14.8 Å². The van der Waals surface area contributed by atoms with Gasteiger partial charge >= 0.3 is 0 Å². The number of likely N-dealkylation sites (tertiary alicyclic amines) is 1. The van der Waals surface area contributed by atoms with Crippen LogP contribution in [-0.2, 0) is 13.2 Å². The Balaban J connectivity index is 1.33. The van der Waals surface area contributed by atoms with E-state index in [1.807, 2.05) is 12.1 Å². The van der Waals surface area contributed by atoms with Crippen LogP contribution >= 0.6 is 11.3 Å². The molecule has 0 aliphatic carbocycles. The zero-order valence-electron chi connectivity index (χ0n) is 16.0. The van der Waals surface area contributed by atoms with Gasteiger partial charge in [-0.25, -0.2) is 0 Å². The SMILES string of the molecule is COc1cc(CN2CCC(N3CCNCC3)C2)ccc1OCc1cccs1. The summed E-state index contributed by atoms with van der Waals surface area (Å²) in [5, 5.41) is 5.52. The van der Waals surface area contributed by atoms with Crippen molar-refractivity contribution >= 4 is 11.3 Å². The van der Waals surface area contributed by atoms with Gasteiger partial charge in [-0.2, -0.15) is 0 Å². The Bertz CT molecular complexity index is 716. The Morgan fingerprint density at radius 2 is 2.04 bits per heavy atom. The third kappa shape index (κ3) is 4.82. The highest BCUT2D eigenvalue weighted by molar-refractivity contribution is 7.09. The number of piperazine rings is 1. The van der Waals surface area contributed by atoms with Gasteiger partial charge in [0.25, 0.3) is 0 Å². The molecule has 0 amide bonds. The summed E-state index contributed by atoms with van der Waals surface area (Å²) in [6.07, 6.45) is 1.28. The summed E-state index contributed by atoms with van der Waals surface area (Å²) in [5.41, 5.74) is 1.29. The van der Waals surface area contributed by atoms with Gasteiger partial charge in [0, 0.05) is 56.7 Å². The summed E-state index contributed by atoms with van der Waals surface area (Å²) < 4.78 is 11.5. The fourth-order valence-electron chi connectivity index (χ4n) is 4.03. The molecular weight excluding hydrogens is 358 g/mol. The van der Waals surface area contributed by atoms with Crippen molar-refractivity contribution in [3.63, 3.8) is 0 Å². The molecule has 2 aromatic rings. The first-order valence-electron chi connectivity index (χ1n) is 9.81. The zero-order valence-corrected chi connectivity index (χ0v) is 16.8. The van der Waals surface area contributed by atoms with Crippen molar-refractivity contribution in [3.8, 4) is 11.5 Å². The third-order valence-corrected chi connectivity index (χ3v) is 6.35. The van der Waals surface area contributed by atoms with Gasteiger partial charge in [-0.1, -0.05) is 12.1 Å². The highest BCUT2D eigenvalue weighted by Crippen LogP contribution is 2.30. The van der Waals surface area contributed by atoms with Crippen molar-refractivity contribution in [3.05, 3.63) is 46.2 Å². The number of ether oxygens (including phenoxy) is 2. The second-order valence-corrected chi connectivity index (χ2v) is 8.35. The molecule has 3 heterocycles. The number of rotatable bonds is 7. The lowest BCUT2D eigenvalue weighted by atomic mass is 10.2. The number of nitrogens with one attached hydrogen (secondary N) is 1. The van der Waals surface area contributed by atoms with E-state index in [4.69, 9.17) is 9.47 Å². The first-order valence-corrected chi connectivity index (χ1v) is 10.7. The Labute approximate surface area is 165 Å². The maximum atomic E-state index is 5.95. The van der Waals surface area contributed by atoms with E-state index in [9.17, 15) is 0 Å². The second kappa shape index (κ2) is 9.06. The van der Waals surface area contributed by atoms with Crippen LogP contribution in [0.25, 0.3) is 0 Å². The van der Waals surface area contributed by atoms with Crippen LogP contribution in [0, 0.1) is 0 Å². The van der Waals surface area contributed by atoms with Crippen LogP contribution in [0.5, 0.6) is 11.5 Å². The number of benzene rings is 1. The lowest BCUT2D eigenvalue weighted by Gasteiger charge is -2.32. The van der Waals surface area contributed by atoms with Gasteiger partial charge in [-0.05, 0) is 35.6 Å². The predicted molar refractivity (Wildman–Crippen MR) is 110 cm³/mol. The van der Waals surface area contributed by atoms with Crippen LogP contribution in [-0.4, -0.2) is 62.2 Å². The summed E-state index contributed by atoms with van der Waals surface area (Å²) in [5.74, 6) is 1.64. The fraction of sp³-hybridized carbons (Fsp3) is 0.524. The van der Waals surface area contributed by atoms with E-state index >= 15 is 0 Å². The lowest BCUT2D eigenvalue weighted by Crippen LogP contribution is -2.49. The van der Waals surface area contributed by atoms with Crippen LogP contribution in [0.2, 0.25) is 0 Å². The van der Waals surface area contributed by atoms with Gasteiger partial charge in [0.15, 0.2) is 11.5 Å². The first kappa shape index (κ1) is 18.7. The Kier molecular flexibility index (Phi) is 6.29. The van der Waals surface area contributed by atoms with E-state index in [1.165, 1.54) is 43.0 Å². The average Bonchev–Trinajstić information content (AvgIpc) is 3.39. The number of methoxy groups -OCH3 is 1. The minimum atomic E-state index is 0.589. The molecule has 27 heavy (non-hydrogen) atoms. The van der Waals surface area contributed by atoms with Gasteiger partial charge < -0.3 is 14.8 Å². The summed E-state index contributed by atoms with van der Waals surface area (Å²) in [4.78, 5) is 6.43. The highest BCUT2D eigenvalue weighted by Gasteiger charge is 2.28. The molecule has 2 aliphatic heterocycles. The normalized spacial score (nSPS) is 21.4. The lowest BCUT2D eigenvalue weighted by molar-refractivity contribution is 0.170. The standard InChI is InChI=1S/C21H29N3O2S/c1-25-21-13-17(4-5-20(21)26-16-19-3-2-12-27-19)14-23-9-6-18(15-23)24-10-7-22-8-11-24/h2-5,12-13,18,22H,6-11,14-16H2,1H3. The fourth-order valence-corrected chi connectivity index (χ4v) is 4.65. The highest BCUT2D eigenvalue weighted by atomic mass is 32.1. The summed E-state index contributed by atoms with van der Waals surface area (Å²) in [6.45, 7) is 8.52. The minimum absolute atomic E-state index is 0.589. The van der Waals surface area contributed by atoms with E-state index in [-0.39, 0.29) is 0 Å². The average molecular weight is 388 g/mol. The van der Waals surface area contributed by atoms with Gasteiger partial charge in [0.05, 0.1) is 7.11 Å². The Morgan fingerprint density at radius 3 is 2.81 bits per heavy atom. The molecule has 0 radical (unpaired) electrons. The molecule has 0 spiro atoms. The smallest absolute Gasteiger partial charge is 0.161 e. The molecule has 0 saturated carbocycles. The molecule has 1 aromatic carbocycles. The minimum Gasteiger partial charge on any atom is -0.493 e. The molecule has 5 nitrogen and oxygen atoms in total. The topological polar surface area (TPSA) is 37.0 Å². The van der Waals surface area contributed by atoms with Crippen LogP contribution in [0.1, 0.15) is 16.9 Å². The van der Waals surface area contributed by atoms with Crippen molar-refractivity contribution in [1.82, 2.24) is 15.1 Å². The molecule has 6 heteroatoms. The largest absolute Gasteiger partial charge is 0.493 e. The van der Waals surface area contributed by atoms with Crippen LogP contribution in [0.4, 0.5) is 0 Å². The second-order valence-electron chi connectivity index (χ2n) is 7.32. The maximum absolute atomic E-state index is 5.95. The van der Waals surface area contributed by atoms with Gasteiger partial charge in [0.1, 0.15) is 6.61 Å². The summed E-state index contributed by atoms with van der Waals surface area (Å²) >= 11 is 1.71. The molecule has 2 aliphatic rings. The van der Waals surface area contributed by atoms with E-state index in [1.54, 1.807) is 18.4 Å². The predicted octanol–water partition coefficient (Wildman–Crippen LogP) is 2.82. The van der Waals surface area contributed by atoms with E-state index < -0.39 is 0 Å². The number of nitrogens with zero attached hydrogens (tertiary/aromatic N) is 2. The molecule has 0 bridgehead atoms. The van der Waals surface area contributed by atoms with Crippen molar-refractivity contribution in [2.75, 3.05) is 46.4 Å². The molecule has 2 fully saturated rings. The Hall–Kier alpha value is -1.60. The summed E-state index contributed by atoms with van der Waals surface area (Å²) in [6, 6.07) is 11.2. The number of thiophene rings is 1. The van der Waals surface area contributed by atoms with Crippen molar-refractivity contribution in [2.24, 2.45) is 0 Å². The zero-order chi connectivity index (χ0) is 18.5. The van der Waals surface area contributed by atoms with Gasteiger partial charge in [-0.3, -0.25) is 9.80 Å². The van der Waals surface area contributed by atoms with Crippen molar-refractivity contribution < 1.29 is 9.47 Å². The van der Waals surface area contributed by atoms with Crippen LogP contribution in [0.3, 0.4) is 0 Å². The molecular formula is C21H29N3O2S. The van der Waals surface area contributed by atoms with E-state index in [0.717, 1.165) is 31.1 Å². The Morgan fingerprint density at radius 1 is 1.15 bits per heavy atom. The third-order valence-electron chi connectivity index (χ3n) is 5.50. The van der Waals surface area contributed by atoms with E-state index in [0.29, 0.717) is 12.6 Å². The molecule has 146 valence electrons. The molecule has 2 saturated heterocycles. The monoisotopic (exact) mass is 387 g/mol. The van der Waals surface area contributed by atoms with Gasteiger partial charge in [0.2, 0.25) is 0 Å². The number of hydrogen-bond acceptors (Lipinski definition) is 6. The quantitative estimate of drug-likeness (QED) is 0.791. The molecule has 1 N–H and O–H groups in total. The van der Waals surface area contributed by atoms with Crippen molar-refractivity contribution in [1.29, 1.82) is 0 Å². The molecule has 1 aromatic heterocycles. The maximum Gasteiger partial charge on any atom is 0.161 e. The summed E-state index contributed by atoms with van der Waals surface area (Å²) in [7, 11) is 1.72. The molecule has 4 rings (SSSR count). The molecule has 1 unspecified atom stereocenters.